The maximum Gasteiger partial charge on any atom is 0.211 e. The van der Waals surface area contributed by atoms with Gasteiger partial charge in [-0.15, -0.1) is 0 Å². The Hall–Kier alpha value is -0.0900. The molecule has 1 N–H and O–H groups in total. The maximum atomic E-state index is 11.7. The van der Waals surface area contributed by atoms with Gasteiger partial charge in [0, 0.05) is 6.04 Å². The SMILES string of the molecule is CCCCS(=O)(=O)NC1CCCCCC1. The molecule has 1 aliphatic rings. The van der Waals surface area contributed by atoms with Gasteiger partial charge in [-0.1, -0.05) is 39.0 Å². The van der Waals surface area contributed by atoms with Gasteiger partial charge in [0.15, 0.2) is 0 Å². The molecule has 15 heavy (non-hydrogen) atoms. The van der Waals surface area contributed by atoms with Crippen molar-refractivity contribution in [3.8, 4) is 0 Å². The summed E-state index contributed by atoms with van der Waals surface area (Å²) in [6.45, 7) is 2.02. The first kappa shape index (κ1) is 13.0. The molecule has 0 heterocycles. The van der Waals surface area contributed by atoms with E-state index in [0.717, 1.165) is 25.7 Å². The minimum Gasteiger partial charge on any atom is -0.212 e. The minimum atomic E-state index is -3.01. The molecule has 0 aromatic heterocycles. The molecule has 1 fully saturated rings. The van der Waals surface area contributed by atoms with E-state index in [0.29, 0.717) is 5.75 Å². The van der Waals surface area contributed by atoms with Gasteiger partial charge in [-0.05, 0) is 19.3 Å². The third kappa shape index (κ3) is 5.52. The van der Waals surface area contributed by atoms with Gasteiger partial charge in [0.05, 0.1) is 5.75 Å². The highest BCUT2D eigenvalue weighted by molar-refractivity contribution is 7.89. The Morgan fingerprint density at radius 3 is 2.27 bits per heavy atom. The van der Waals surface area contributed by atoms with Crippen LogP contribution in [0.25, 0.3) is 0 Å². The van der Waals surface area contributed by atoms with Gasteiger partial charge in [0.25, 0.3) is 0 Å². The fourth-order valence-electron chi connectivity index (χ4n) is 2.04. The van der Waals surface area contributed by atoms with Gasteiger partial charge in [-0.2, -0.15) is 0 Å². The molecule has 90 valence electrons. The molecule has 0 amide bonds. The maximum absolute atomic E-state index is 11.7. The van der Waals surface area contributed by atoms with Gasteiger partial charge < -0.3 is 0 Å². The molecule has 4 heteroatoms. The number of sulfonamides is 1. The molecule has 0 aromatic carbocycles. The topological polar surface area (TPSA) is 46.2 Å². The molecular formula is C11H23NO2S. The van der Waals surface area contributed by atoms with Gasteiger partial charge in [0.2, 0.25) is 10.0 Å². The van der Waals surface area contributed by atoms with Crippen LogP contribution in [0.5, 0.6) is 0 Å². The van der Waals surface area contributed by atoms with Crippen LogP contribution in [-0.4, -0.2) is 20.2 Å². The summed E-state index contributed by atoms with van der Waals surface area (Å²) in [5.41, 5.74) is 0. The summed E-state index contributed by atoms with van der Waals surface area (Å²) >= 11 is 0. The van der Waals surface area contributed by atoms with E-state index in [1.54, 1.807) is 0 Å². The zero-order valence-corrected chi connectivity index (χ0v) is 10.5. The first-order valence-electron chi connectivity index (χ1n) is 6.14. The standard InChI is InChI=1S/C11H23NO2S/c1-2-3-10-15(13,14)12-11-8-6-4-5-7-9-11/h11-12H,2-10H2,1H3. The third-order valence-corrected chi connectivity index (χ3v) is 4.49. The van der Waals surface area contributed by atoms with Crippen molar-refractivity contribution in [2.75, 3.05) is 5.75 Å². The van der Waals surface area contributed by atoms with Crippen molar-refractivity contribution in [2.24, 2.45) is 0 Å². The van der Waals surface area contributed by atoms with Crippen LogP contribution in [0.1, 0.15) is 58.3 Å². The molecule has 0 aliphatic heterocycles. The van der Waals surface area contributed by atoms with Crippen LogP contribution in [0.15, 0.2) is 0 Å². The van der Waals surface area contributed by atoms with E-state index in [-0.39, 0.29) is 6.04 Å². The van der Waals surface area contributed by atoms with Crippen LogP contribution in [0.3, 0.4) is 0 Å². The summed E-state index contributed by atoms with van der Waals surface area (Å²) in [5, 5.41) is 0. The van der Waals surface area contributed by atoms with Gasteiger partial charge in [0.1, 0.15) is 0 Å². The number of nitrogens with one attached hydrogen (secondary N) is 1. The lowest BCUT2D eigenvalue weighted by molar-refractivity contribution is 0.508. The number of unbranched alkanes of at least 4 members (excludes halogenated alkanes) is 1. The minimum absolute atomic E-state index is 0.203. The lowest BCUT2D eigenvalue weighted by atomic mass is 10.1. The Bertz CT molecular complexity index is 254. The molecule has 0 bridgehead atoms. The zero-order valence-electron chi connectivity index (χ0n) is 9.67. The number of rotatable bonds is 5. The Morgan fingerprint density at radius 1 is 1.13 bits per heavy atom. The van der Waals surface area contributed by atoms with E-state index < -0.39 is 10.0 Å². The fourth-order valence-corrected chi connectivity index (χ4v) is 3.57. The van der Waals surface area contributed by atoms with E-state index in [1.807, 2.05) is 6.92 Å². The second kappa shape index (κ2) is 6.48. The molecule has 1 saturated carbocycles. The summed E-state index contributed by atoms with van der Waals surface area (Å²) in [6, 6.07) is 0.203. The number of hydrogen-bond donors (Lipinski definition) is 1. The van der Waals surface area contributed by atoms with Crippen LogP contribution >= 0.6 is 0 Å². The van der Waals surface area contributed by atoms with Crippen molar-refractivity contribution in [2.45, 2.75) is 64.3 Å². The second-order valence-corrected chi connectivity index (χ2v) is 6.35. The lowest BCUT2D eigenvalue weighted by Crippen LogP contribution is -2.35. The van der Waals surface area contributed by atoms with E-state index in [1.165, 1.54) is 25.7 Å². The Balaban J connectivity index is 2.37. The van der Waals surface area contributed by atoms with Gasteiger partial charge in [-0.25, -0.2) is 13.1 Å². The Morgan fingerprint density at radius 2 is 1.73 bits per heavy atom. The van der Waals surface area contributed by atoms with Crippen LogP contribution in [0.2, 0.25) is 0 Å². The van der Waals surface area contributed by atoms with E-state index in [4.69, 9.17) is 0 Å². The van der Waals surface area contributed by atoms with E-state index in [9.17, 15) is 8.42 Å². The highest BCUT2D eigenvalue weighted by Crippen LogP contribution is 2.17. The molecule has 0 saturated heterocycles. The fraction of sp³-hybridized carbons (Fsp3) is 1.00. The van der Waals surface area contributed by atoms with E-state index in [2.05, 4.69) is 4.72 Å². The molecule has 0 unspecified atom stereocenters. The molecule has 0 radical (unpaired) electrons. The van der Waals surface area contributed by atoms with Crippen molar-refractivity contribution >= 4 is 10.0 Å². The molecule has 1 aliphatic carbocycles. The molecule has 0 spiro atoms. The smallest absolute Gasteiger partial charge is 0.211 e. The van der Waals surface area contributed by atoms with Crippen molar-refractivity contribution in [1.82, 2.24) is 4.72 Å². The van der Waals surface area contributed by atoms with Crippen LogP contribution in [-0.2, 0) is 10.0 Å². The Labute approximate surface area is 93.7 Å². The van der Waals surface area contributed by atoms with Crippen molar-refractivity contribution in [3.05, 3.63) is 0 Å². The third-order valence-electron chi connectivity index (χ3n) is 2.97. The highest BCUT2D eigenvalue weighted by Gasteiger charge is 2.18. The number of hydrogen-bond acceptors (Lipinski definition) is 2. The van der Waals surface area contributed by atoms with Gasteiger partial charge in [-0.3, -0.25) is 0 Å². The van der Waals surface area contributed by atoms with Crippen molar-refractivity contribution in [3.63, 3.8) is 0 Å². The predicted molar refractivity (Wildman–Crippen MR) is 63.3 cm³/mol. The molecule has 0 atom stereocenters. The van der Waals surface area contributed by atoms with Crippen molar-refractivity contribution < 1.29 is 8.42 Å². The first-order valence-corrected chi connectivity index (χ1v) is 7.79. The van der Waals surface area contributed by atoms with Crippen LogP contribution < -0.4 is 4.72 Å². The van der Waals surface area contributed by atoms with Crippen molar-refractivity contribution in [1.29, 1.82) is 0 Å². The quantitative estimate of drug-likeness (QED) is 0.741. The second-order valence-electron chi connectivity index (χ2n) is 4.48. The average Bonchev–Trinajstić information content (AvgIpc) is 2.43. The highest BCUT2D eigenvalue weighted by atomic mass is 32.2. The largest absolute Gasteiger partial charge is 0.212 e. The first-order chi connectivity index (χ1) is 7.14. The van der Waals surface area contributed by atoms with E-state index >= 15 is 0 Å². The summed E-state index contributed by atoms with van der Waals surface area (Å²) in [4.78, 5) is 0. The average molecular weight is 233 g/mol. The summed E-state index contributed by atoms with van der Waals surface area (Å²) in [5.74, 6) is 0.292. The lowest BCUT2D eigenvalue weighted by Gasteiger charge is -2.15. The van der Waals surface area contributed by atoms with Crippen LogP contribution in [0.4, 0.5) is 0 Å². The Kier molecular flexibility index (Phi) is 5.61. The van der Waals surface area contributed by atoms with Gasteiger partial charge >= 0.3 is 0 Å². The monoisotopic (exact) mass is 233 g/mol. The molecule has 3 nitrogen and oxygen atoms in total. The summed E-state index contributed by atoms with van der Waals surface area (Å²) in [7, 11) is -3.01. The molecular weight excluding hydrogens is 210 g/mol. The normalized spacial score (nSPS) is 20.1. The summed E-state index contributed by atoms with van der Waals surface area (Å²) in [6.07, 6.45) is 8.59. The van der Waals surface area contributed by atoms with Crippen LogP contribution in [0, 0.1) is 0 Å². The summed E-state index contributed by atoms with van der Waals surface area (Å²) < 4.78 is 26.2. The zero-order chi connectivity index (χ0) is 11.1. The molecule has 0 aromatic rings. The molecule has 1 rings (SSSR count). The predicted octanol–water partition coefficient (Wildman–Crippen LogP) is 2.43.